The average Bonchev–Trinajstić information content (AvgIpc) is 3.48. The van der Waals surface area contributed by atoms with Crippen molar-refractivity contribution in [1.82, 2.24) is 24.8 Å². The molecule has 5 aliphatic rings. The third kappa shape index (κ3) is 2.92. The molecule has 0 aliphatic carbocycles. The van der Waals surface area contributed by atoms with E-state index in [1.54, 1.807) is 4.90 Å². The minimum absolute atomic E-state index is 0.104. The monoisotopic (exact) mass is 496 g/mol. The summed E-state index contributed by atoms with van der Waals surface area (Å²) < 4.78 is 27.5. The van der Waals surface area contributed by atoms with Crippen molar-refractivity contribution in [3.05, 3.63) is 24.2 Å². The second kappa shape index (κ2) is 7.64. The Bertz CT molecular complexity index is 1290. The number of hydrogen-bond acceptors (Lipinski definition) is 8. The first-order valence-electron chi connectivity index (χ1n) is 12.7. The molecule has 1 N–H and O–H groups in total. The summed E-state index contributed by atoms with van der Waals surface area (Å²) >= 11 is 0. The molecule has 190 valence electrons. The molecule has 7 heterocycles. The van der Waals surface area contributed by atoms with Crippen LogP contribution in [-0.4, -0.2) is 92.0 Å². The van der Waals surface area contributed by atoms with Crippen LogP contribution in [0.1, 0.15) is 39.0 Å². The van der Waals surface area contributed by atoms with E-state index < -0.39 is 11.9 Å². The molecule has 2 aromatic heterocycles. The second-order valence-corrected chi connectivity index (χ2v) is 10.7. The predicted octanol–water partition coefficient (Wildman–Crippen LogP) is 2.82. The van der Waals surface area contributed by atoms with Gasteiger partial charge in [-0.3, -0.25) is 9.80 Å². The maximum Gasteiger partial charge on any atom is 0.407 e. The molecule has 4 unspecified atom stereocenters. The fourth-order valence-corrected chi connectivity index (χ4v) is 7.34. The van der Waals surface area contributed by atoms with E-state index in [-0.39, 0.29) is 47.2 Å². The van der Waals surface area contributed by atoms with Gasteiger partial charge in [-0.25, -0.2) is 14.2 Å². The largest absolute Gasteiger partial charge is 0.472 e. The molecule has 7 rings (SSSR count). The smallest absolute Gasteiger partial charge is 0.407 e. The Morgan fingerprint density at radius 2 is 2.22 bits per heavy atom. The number of fused-ring (bicyclic) bond motifs is 6. The lowest BCUT2D eigenvalue weighted by Crippen LogP contribution is -2.64. The van der Waals surface area contributed by atoms with Crippen LogP contribution in [0.15, 0.2) is 18.3 Å². The summed E-state index contributed by atoms with van der Waals surface area (Å²) in [6.07, 6.45) is 4.32. The molecular formula is C25H29FN6O4. The molecule has 0 radical (unpaired) electrons. The van der Waals surface area contributed by atoms with E-state index in [9.17, 15) is 9.90 Å². The predicted molar refractivity (Wildman–Crippen MR) is 128 cm³/mol. The number of hydrogen-bond donors (Lipinski definition) is 1. The van der Waals surface area contributed by atoms with Crippen LogP contribution in [0.5, 0.6) is 11.9 Å². The van der Waals surface area contributed by atoms with Crippen molar-refractivity contribution >= 4 is 22.8 Å². The molecule has 36 heavy (non-hydrogen) atoms. The van der Waals surface area contributed by atoms with E-state index in [0.717, 1.165) is 51.4 Å². The number of carbonyl (C=O) groups is 1. The van der Waals surface area contributed by atoms with Gasteiger partial charge in [-0.05, 0) is 45.6 Å². The Kier molecular flexibility index (Phi) is 4.68. The van der Waals surface area contributed by atoms with Crippen LogP contribution in [0.3, 0.4) is 0 Å². The summed E-state index contributed by atoms with van der Waals surface area (Å²) in [7, 11) is 0. The third-order valence-corrected chi connectivity index (χ3v) is 8.99. The lowest BCUT2D eigenvalue weighted by Gasteiger charge is -2.47. The first kappa shape index (κ1) is 22.0. The Hall–Kier alpha value is -3.21. The zero-order valence-electron chi connectivity index (χ0n) is 20.2. The van der Waals surface area contributed by atoms with Gasteiger partial charge in [0.1, 0.15) is 29.4 Å². The maximum absolute atomic E-state index is 15.1. The Morgan fingerprint density at radius 3 is 3.06 bits per heavy atom. The van der Waals surface area contributed by atoms with Gasteiger partial charge in [-0.1, -0.05) is 12.2 Å². The van der Waals surface area contributed by atoms with Crippen molar-refractivity contribution in [1.29, 1.82) is 0 Å². The highest BCUT2D eigenvalue weighted by Gasteiger charge is 2.53. The van der Waals surface area contributed by atoms with E-state index in [0.29, 0.717) is 24.4 Å². The van der Waals surface area contributed by atoms with Crippen molar-refractivity contribution in [3.8, 4) is 11.9 Å². The molecule has 11 heteroatoms. The summed E-state index contributed by atoms with van der Waals surface area (Å²) in [6.45, 7) is 9.02. The topological polar surface area (TPSA) is 104 Å². The summed E-state index contributed by atoms with van der Waals surface area (Å²) in [6, 6.07) is -0.601. The van der Waals surface area contributed by atoms with Gasteiger partial charge >= 0.3 is 12.1 Å². The lowest BCUT2D eigenvalue weighted by atomic mass is 9.91. The molecule has 0 spiro atoms. The molecule has 4 fully saturated rings. The number of ether oxygens (including phenoxy) is 2. The number of rotatable bonds is 3. The van der Waals surface area contributed by atoms with Crippen LogP contribution in [0.2, 0.25) is 0 Å². The van der Waals surface area contributed by atoms with Crippen LogP contribution in [0, 0.1) is 5.82 Å². The minimum atomic E-state index is -0.922. The fourth-order valence-electron chi connectivity index (χ4n) is 7.34. The standard InChI is InChI=1S/C25H29FN6O4/c1-13-6-9-30-8-3-7-25(13,30)12-35-23-28-19-16(26)10-27-22-18(19)21(29-23)31-11-15-4-5-17(32(15)24(33)34)20(31)14(2)36-22/h10,14-15,17,20H,1,3-9,11-12H2,2H3,(H,33,34)/t14?,15?,17?,20-,25?/m1/s1. The SMILES string of the molecule is C=C1CCN2CCCC12COc1nc2c3c(ncc(F)c3n1)OC(C)[C@@H]1C3CCC(CN21)N3C(=O)O. The Balaban J connectivity index is 1.32. The second-order valence-electron chi connectivity index (χ2n) is 10.7. The van der Waals surface area contributed by atoms with Crippen molar-refractivity contribution in [2.24, 2.45) is 0 Å². The van der Waals surface area contributed by atoms with Gasteiger partial charge < -0.3 is 19.5 Å². The molecular weight excluding hydrogens is 467 g/mol. The third-order valence-electron chi connectivity index (χ3n) is 8.99. The van der Waals surface area contributed by atoms with Crippen LogP contribution in [0.25, 0.3) is 10.9 Å². The molecule has 1 amide bonds. The summed E-state index contributed by atoms with van der Waals surface area (Å²) in [5.41, 5.74) is 1.05. The normalized spacial score (nSPS) is 32.9. The van der Waals surface area contributed by atoms with Gasteiger partial charge in [-0.2, -0.15) is 9.97 Å². The van der Waals surface area contributed by atoms with Gasteiger partial charge in [0.2, 0.25) is 5.88 Å². The maximum atomic E-state index is 15.1. The number of pyridine rings is 1. The van der Waals surface area contributed by atoms with E-state index in [4.69, 9.17) is 14.5 Å². The van der Waals surface area contributed by atoms with E-state index in [2.05, 4.69) is 26.3 Å². The van der Waals surface area contributed by atoms with Crippen molar-refractivity contribution in [2.45, 2.75) is 68.8 Å². The van der Waals surface area contributed by atoms with Crippen LogP contribution in [-0.2, 0) is 0 Å². The minimum Gasteiger partial charge on any atom is -0.472 e. The number of amides is 1. The Labute approximate surface area is 207 Å². The van der Waals surface area contributed by atoms with E-state index in [1.165, 1.54) is 5.57 Å². The average molecular weight is 497 g/mol. The Morgan fingerprint density at radius 1 is 1.36 bits per heavy atom. The molecule has 5 aliphatic heterocycles. The zero-order valence-corrected chi connectivity index (χ0v) is 20.2. The molecule has 0 saturated carbocycles. The number of anilines is 1. The fraction of sp³-hybridized carbons (Fsp3) is 0.600. The van der Waals surface area contributed by atoms with E-state index >= 15 is 4.39 Å². The van der Waals surface area contributed by atoms with Gasteiger partial charge in [0, 0.05) is 13.1 Å². The zero-order chi connectivity index (χ0) is 24.8. The number of piperazine rings is 1. The first-order valence-corrected chi connectivity index (χ1v) is 12.7. The van der Waals surface area contributed by atoms with Gasteiger partial charge in [0.05, 0.1) is 29.9 Å². The number of halogens is 1. The number of aromatic nitrogens is 3. The molecule has 0 aromatic carbocycles. The van der Waals surface area contributed by atoms with Crippen molar-refractivity contribution < 1.29 is 23.8 Å². The van der Waals surface area contributed by atoms with Crippen LogP contribution in [0.4, 0.5) is 15.0 Å². The highest BCUT2D eigenvalue weighted by atomic mass is 19.1. The summed E-state index contributed by atoms with van der Waals surface area (Å²) in [5.74, 6) is 0.187. The summed E-state index contributed by atoms with van der Waals surface area (Å²) in [5, 5.41) is 10.3. The molecule has 10 nitrogen and oxygen atoms in total. The van der Waals surface area contributed by atoms with Crippen molar-refractivity contribution in [3.63, 3.8) is 0 Å². The number of carboxylic acid groups (broad SMARTS) is 1. The van der Waals surface area contributed by atoms with Gasteiger partial charge in [0.25, 0.3) is 0 Å². The highest BCUT2D eigenvalue weighted by molar-refractivity contribution is 5.95. The van der Waals surface area contributed by atoms with Crippen LogP contribution < -0.4 is 14.4 Å². The number of nitrogens with zero attached hydrogens (tertiary/aromatic N) is 6. The van der Waals surface area contributed by atoms with Gasteiger partial charge in [0.15, 0.2) is 5.82 Å². The quantitative estimate of drug-likeness (QED) is 0.643. The van der Waals surface area contributed by atoms with Gasteiger partial charge in [-0.15, -0.1) is 0 Å². The molecule has 2 bridgehead atoms. The summed E-state index contributed by atoms with van der Waals surface area (Å²) in [4.78, 5) is 31.6. The molecule has 5 atom stereocenters. The lowest BCUT2D eigenvalue weighted by molar-refractivity contribution is 0.0706. The van der Waals surface area contributed by atoms with Crippen LogP contribution >= 0.6 is 0 Å². The molecule has 4 saturated heterocycles. The van der Waals surface area contributed by atoms with Crippen molar-refractivity contribution in [2.75, 3.05) is 31.1 Å². The molecule has 2 aromatic rings. The first-order chi connectivity index (χ1) is 17.4. The van der Waals surface area contributed by atoms with E-state index in [1.807, 2.05) is 6.92 Å². The highest BCUT2D eigenvalue weighted by Crippen LogP contribution is 2.46.